The molecule has 0 bridgehead atoms. The number of halogens is 6. The molecular formula is C18H21ClF5N3OS2. The molecule has 2 rings (SSSR count). The van der Waals surface area contributed by atoms with E-state index in [2.05, 4.69) is 9.36 Å². The Balaban J connectivity index is 2.55. The molecule has 12 heteroatoms. The predicted molar refractivity (Wildman–Crippen MR) is 115 cm³/mol. The van der Waals surface area contributed by atoms with Crippen LogP contribution in [0.5, 0.6) is 0 Å². The van der Waals surface area contributed by atoms with E-state index in [1.54, 1.807) is 19.3 Å². The van der Waals surface area contributed by atoms with E-state index in [0.29, 0.717) is 11.3 Å². The summed E-state index contributed by atoms with van der Waals surface area (Å²) in [5.74, 6) is 0. The molecule has 0 aromatic heterocycles. The van der Waals surface area contributed by atoms with Crippen LogP contribution in [-0.4, -0.2) is 35.3 Å². The van der Waals surface area contributed by atoms with Gasteiger partial charge < -0.3 is 4.90 Å². The molecule has 0 spiro atoms. The summed E-state index contributed by atoms with van der Waals surface area (Å²) < 4.78 is 82.2. The number of rotatable bonds is 6. The van der Waals surface area contributed by atoms with Crippen LogP contribution in [0.15, 0.2) is 55.5 Å². The van der Waals surface area contributed by atoms with E-state index in [1.165, 1.54) is 12.3 Å². The first-order chi connectivity index (χ1) is 13.4. The van der Waals surface area contributed by atoms with Gasteiger partial charge in [-0.3, -0.25) is 0 Å². The van der Waals surface area contributed by atoms with Crippen molar-refractivity contribution in [3.8, 4) is 0 Å². The second-order valence-electron chi connectivity index (χ2n) is 6.75. The van der Waals surface area contributed by atoms with E-state index in [1.807, 2.05) is 18.9 Å². The third-order valence-corrected chi connectivity index (χ3v) is 7.35. The molecule has 0 saturated heterocycles. The lowest BCUT2D eigenvalue weighted by molar-refractivity contribution is 0.364. The molecule has 0 aliphatic heterocycles. The molecule has 0 heterocycles. The number of aliphatic imine (C=N–C) groups is 1. The molecule has 2 aromatic carbocycles. The fourth-order valence-electron chi connectivity index (χ4n) is 2.43. The number of hydrogen-bond acceptors (Lipinski definition) is 3. The van der Waals surface area contributed by atoms with E-state index in [4.69, 9.17) is 11.6 Å². The molecular weight excluding hydrogens is 469 g/mol. The second kappa shape index (κ2) is 7.38. The fourth-order valence-corrected chi connectivity index (χ4v) is 4.99. The van der Waals surface area contributed by atoms with E-state index < -0.39 is 30.5 Å². The summed E-state index contributed by atoms with van der Waals surface area (Å²) >= 11 is 6.22. The van der Waals surface area contributed by atoms with Crippen LogP contribution in [0.25, 0.3) is 0 Å². The van der Waals surface area contributed by atoms with Crippen LogP contribution >= 0.6 is 21.8 Å². The molecule has 168 valence electrons. The van der Waals surface area contributed by atoms with Gasteiger partial charge in [-0.05, 0) is 49.7 Å². The average Bonchev–Trinajstić information content (AvgIpc) is 2.59. The van der Waals surface area contributed by atoms with Gasteiger partial charge in [0.25, 0.3) is 0 Å². The van der Waals surface area contributed by atoms with Crippen LogP contribution in [0.2, 0.25) is 5.02 Å². The standard InChI is InChI=1S/C18H21ClF5N3OS2/c1-5-27(3)12-25-17-9-13(2)18(11-16(17)19)29(4,28)26-14-7-6-8-15(10-14)30(20,21,22,23)24/h6-12H,5H2,1-4H3. The van der Waals surface area contributed by atoms with Gasteiger partial charge >= 0.3 is 10.2 Å². The molecule has 0 amide bonds. The number of aryl methyl sites for hydroxylation is 1. The Hall–Kier alpha value is -1.85. The fraction of sp³-hybridized carbons (Fsp3) is 0.278. The van der Waals surface area contributed by atoms with Gasteiger partial charge in [-0.25, -0.2) is 9.20 Å². The first kappa shape index (κ1) is 24.4. The first-order valence-electron chi connectivity index (χ1n) is 8.54. The average molecular weight is 490 g/mol. The lowest BCUT2D eigenvalue weighted by atomic mass is 10.2. The summed E-state index contributed by atoms with van der Waals surface area (Å²) in [5.41, 5.74) is 0.428. The van der Waals surface area contributed by atoms with Crippen molar-refractivity contribution in [3.63, 3.8) is 0 Å². The molecule has 0 saturated carbocycles. The minimum Gasteiger partial charge on any atom is -0.366 e. The van der Waals surface area contributed by atoms with Crippen molar-refractivity contribution >= 4 is 49.3 Å². The SMILES string of the molecule is CCN(C)C=Nc1cc(C)c(S(C)(=O)=Nc2cccc(S(F)(F)(F)(F)F)c2)cc1Cl. The zero-order chi connectivity index (χ0) is 23.0. The van der Waals surface area contributed by atoms with Gasteiger partial charge in [0.15, 0.2) is 0 Å². The van der Waals surface area contributed by atoms with E-state index >= 15 is 0 Å². The minimum absolute atomic E-state index is 0.168. The Labute approximate surface area is 177 Å². The Morgan fingerprint density at radius 1 is 1.17 bits per heavy atom. The molecule has 1 atom stereocenters. The summed E-state index contributed by atoms with van der Waals surface area (Å²) in [7, 11) is -11.4. The molecule has 0 aliphatic carbocycles. The minimum atomic E-state index is -9.88. The molecule has 30 heavy (non-hydrogen) atoms. The highest BCUT2D eigenvalue weighted by atomic mass is 35.5. The third kappa shape index (κ3) is 6.08. The molecule has 0 fully saturated rings. The Morgan fingerprint density at radius 3 is 2.37 bits per heavy atom. The maximum atomic E-state index is 13.1. The summed E-state index contributed by atoms with van der Waals surface area (Å²) in [6.45, 7) is 4.27. The zero-order valence-corrected chi connectivity index (χ0v) is 19.0. The molecule has 0 aliphatic rings. The van der Waals surface area contributed by atoms with Gasteiger partial charge in [0, 0.05) is 19.8 Å². The summed E-state index contributed by atoms with van der Waals surface area (Å²) in [4.78, 5) is 4.13. The number of benzene rings is 2. The van der Waals surface area contributed by atoms with Crippen LogP contribution in [0, 0.1) is 6.92 Å². The van der Waals surface area contributed by atoms with Crippen LogP contribution in [0.4, 0.5) is 30.8 Å². The maximum absolute atomic E-state index is 13.1. The number of hydrogen-bond donors (Lipinski definition) is 0. The van der Waals surface area contributed by atoms with Crippen molar-refractivity contribution in [1.29, 1.82) is 0 Å². The van der Waals surface area contributed by atoms with Crippen LogP contribution in [0.3, 0.4) is 0 Å². The molecule has 4 nitrogen and oxygen atoms in total. The quantitative estimate of drug-likeness (QED) is 0.237. The van der Waals surface area contributed by atoms with Crippen molar-refractivity contribution in [2.24, 2.45) is 9.36 Å². The van der Waals surface area contributed by atoms with Gasteiger partial charge in [0.1, 0.15) is 4.90 Å². The third-order valence-electron chi connectivity index (χ3n) is 4.09. The monoisotopic (exact) mass is 489 g/mol. The normalized spacial score (nSPS) is 16.6. The second-order valence-corrected chi connectivity index (χ2v) is 11.8. The highest BCUT2D eigenvalue weighted by Gasteiger charge is 2.65. The van der Waals surface area contributed by atoms with Crippen LogP contribution in [0.1, 0.15) is 12.5 Å². The predicted octanol–water partition coefficient (Wildman–Crippen LogP) is 7.71. The van der Waals surface area contributed by atoms with Crippen LogP contribution < -0.4 is 0 Å². The largest absolute Gasteiger partial charge is 0.366 e. The van der Waals surface area contributed by atoms with Crippen LogP contribution in [-0.2, 0) is 9.73 Å². The molecule has 0 radical (unpaired) electrons. The smallest absolute Gasteiger partial charge is 0.310 e. The Bertz CT molecular complexity index is 1130. The Kier molecular flexibility index (Phi) is 6.01. The Morgan fingerprint density at radius 2 is 1.80 bits per heavy atom. The molecule has 1 unspecified atom stereocenters. The first-order valence-corrected chi connectivity index (χ1v) is 12.8. The van der Waals surface area contributed by atoms with Crippen molar-refractivity contribution in [1.82, 2.24) is 4.90 Å². The molecule has 2 aromatic rings. The lowest BCUT2D eigenvalue weighted by Crippen LogP contribution is -2.14. The summed E-state index contributed by atoms with van der Waals surface area (Å²) in [6.07, 6.45) is 2.77. The highest BCUT2D eigenvalue weighted by Crippen LogP contribution is 3.02. The summed E-state index contributed by atoms with van der Waals surface area (Å²) in [6, 6.07) is 5.27. The van der Waals surface area contributed by atoms with E-state index in [9.17, 15) is 23.6 Å². The van der Waals surface area contributed by atoms with Gasteiger partial charge in [0.2, 0.25) is 0 Å². The van der Waals surface area contributed by atoms with Gasteiger partial charge in [-0.15, -0.1) is 0 Å². The van der Waals surface area contributed by atoms with Gasteiger partial charge in [-0.1, -0.05) is 37.1 Å². The topological polar surface area (TPSA) is 45.0 Å². The van der Waals surface area contributed by atoms with Gasteiger partial charge in [0.05, 0.1) is 37.4 Å². The zero-order valence-electron chi connectivity index (χ0n) is 16.6. The van der Waals surface area contributed by atoms with Gasteiger partial charge in [-0.2, -0.15) is 4.36 Å². The van der Waals surface area contributed by atoms with Crippen molar-refractivity contribution in [2.75, 3.05) is 19.8 Å². The van der Waals surface area contributed by atoms with Crippen molar-refractivity contribution < 1.29 is 23.6 Å². The lowest BCUT2D eigenvalue weighted by Gasteiger charge is -2.40. The van der Waals surface area contributed by atoms with E-state index in [-0.39, 0.29) is 22.1 Å². The molecule has 0 N–H and O–H groups in total. The van der Waals surface area contributed by atoms with Crippen molar-refractivity contribution in [2.45, 2.75) is 23.6 Å². The number of nitrogens with zero attached hydrogens (tertiary/aromatic N) is 3. The highest BCUT2D eigenvalue weighted by molar-refractivity contribution is 8.45. The maximum Gasteiger partial charge on any atom is 0.310 e. The van der Waals surface area contributed by atoms with Crippen molar-refractivity contribution in [3.05, 3.63) is 47.0 Å². The van der Waals surface area contributed by atoms with E-state index in [0.717, 1.165) is 18.7 Å². The summed E-state index contributed by atoms with van der Waals surface area (Å²) in [5, 5.41) is 0.168.